The van der Waals surface area contributed by atoms with Crippen LogP contribution in [0, 0.1) is 0 Å². The topological polar surface area (TPSA) is 4.93 Å². The molecule has 1 heterocycles. The smallest absolute Gasteiger partial charge is 0.0541 e. The third-order valence-electron chi connectivity index (χ3n) is 11.4. The third kappa shape index (κ3) is 5.09. The minimum absolute atomic E-state index is 1.15. The summed E-state index contributed by atoms with van der Waals surface area (Å²) in [6.07, 6.45) is 0. The van der Waals surface area contributed by atoms with Crippen molar-refractivity contribution >= 4 is 54.1 Å². The van der Waals surface area contributed by atoms with Crippen molar-refractivity contribution in [3.63, 3.8) is 0 Å². The Balaban J connectivity index is 0.978. The van der Waals surface area contributed by atoms with Crippen LogP contribution in [-0.4, -0.2) is 4.57 Å². The summed E-state index contributed by atoms with van der Waals surface area (Å²) >= 11 is 0. The molecule has 1 aromatic heterocycles. The van der Waals surface area contributed by atoms with E-state index in [1.54, 1.807) is 0 Å². The van der Waals surface area contributed by atoms with Crippen molar-refractivity contribution in [2.45, 2.75) is 0 Å². The van der Waals surface area contributed by atoms with Crippen molar-refractivity contribution in [1.82, 2.24) is 4.57 Å². The highest BCUT2D eigenvalue weighted by molar-refractivity contribution is 6.21. The van der Waals surface area contributed by atoms with E-state index < -0.39 is 0 Å². The van der Waals surface area contributed by atoms with Crippen LogP contribution in [0.1, 0.15) is 0 Å². The van der Waals surface area contributed by atoms with Crippen LogP contribution in [0.5, 0.6) is 0 Å². The molecule has 1 nitrogen and oxygen atoms in total. The standard InChI is InChI=1S/C54H35N/c1-2-14-39(15-3-1)53-46-19-6-8-21-48(46)54(49-22-9-7-20-47(49)53)40-27-25-36(26-28-40)37-29-32-42(33-30-37)55-51-24-11-10-18-45(51)50-35-41(31-34-52(50)55)44-23-12-16-38-13-4-5-17-43(38)44/h1-35H. The van der Waals surface area contributed by atoms with Gasteiger partial charge in [0.1, 0.15) is 0 Å². The molecule has 11 rings (SSSR count). The number of fused-ring (bicyclic) bond motifs is 6. The van der Waals surface area contributed by atoms with E-state index in [0.29, 0.717) is 0 Å². The Kier molecular flexibility index (Phi) is 7.25. The van der Waals surface area contributed by atoms with Gasteiger partial charge in [-0.3, -0.25) is 0 Å². The summed E-state index contributed by atoms with van der Waals surface area (Å²) in [6.45, 7) is 0. The molecule has 0 saturated heterocycles. The number of rotatable bonds is 5. The Bertz CT molecular complexity index is 3160. The van der Waals surface area contributed by atoms with E-state index in [4.69, 9.17) is 0 Å². The van der Waals surface area contributed by atoms with Gasteiger partial charge in [-0.05, 0) is 107 Å². The van der Waals surface area contributed by atoms with Crippen LogP contribution < -0.4 is 0 Å². The molecule has 1 heteroatoms. The second kappa shape index (κ2) is 12.7. The van der Waals surface area contributed by atoms with Crippen LogP contribution in [0.4, 0.5) is 0 Å². The van der Waals surface area contributed by atoms with Gasteiger partial charge in [-0.25, -0.2) is 0 Å². The zero-order chi connectivity index (χ0) is 36.3. The largest absolute Gasteiger partial charge is 0.309 e. The average molecular weight is 698 g/mol. The Morgan fingerprint density at radius 1 is 0.255 bits per heavy atom. The highest BCUT2D eigenvalue weighted by Gasteiger charge is 2.17. The van der Waals surface area contributed by atoms with Crippen molar-refractivity contribution in [1.29, 1.82) is 0 Å². The first kappa shape index (κ1) is 31.3. The van der Waals surface area contributed by atoms with E-state index in [2.05, 4.69) is 217 Å². The van der Waals surface area contributed by atoms with Crippen LogP contribution >= 0.6 is 0 Å². The first-order valence-corrected chi connectivity index (χ1v) is 19.0. The monoisotopic (exact) mass is 697 g/mol. The number of hydrogen-bond donors (Lipinski definition) is 0. The molecular formula is C54H35N. The first-order chi connectivity index (χ1) is 27.3. The molecule has 0 amide bonds. The zero-order valence-corrected chi connectivity index (χ0v) is 30.2. The minimum Gasteiger partial charge on any atom is -0.309 e. The lowest BCUT2D eigenvalue weighted by molar-refractivity contribution is 1.18. The van der Waals surface area contributed by atoms with E-state index >= 15 is 0 Å². The second-order valence-electron chi connectivity index (χ2n) is 14.4. The molecule has 0 atom stereocenters. The van der Waals surface area contributed by atoms with Crippen molar-refractivity contribution < 1.29 is 0 Å². The Labute approximate surface area is 320 Å². The van der Waals surface area contributed by atoms with Gasteiger partial charge in [-0.1, -0.05) is 182 Å². The summed E-state index contributed by atoms with van der Waals surface area (Å²) < 4.78 is 2.40. The maximum Gasteiger partial charge on any atom is 0.0541 e. The van der Waals surface area contributed by atoms with E-state index in [0.717, 1.165) is 5.69 Å². The fourth-order valence-corrected chi connectivity index (χ4v) is 8.88. The summed E-state index contributed by atoms with van der Waals surface area (Å²) in [5, 5.41) is 10.2. The number of para-hydroxylation sites is 1. The molecule has 0 bridgehead atoms. The Morgan fingerprint density at radius 2 is 0.709 bits per heavy atom. The number of aromatic nitrogens is 1. The normalized spacial score (nSPS) is 11.6. The molecule has 55 heavy (non-hydrogen) atoms. The van der Waals surface area contributed by atoms with Gasteiger partial charge in [0.25, 0.3) is 0 Å². The van der Waals surface area contributed by atoms with Gasteiger partial charge in [0.15, 0.2) is 0 Å². The molecule has 0 aliphatic carbocycles. The van der Waals surface area contributed by atoms with Crippen LogP contribution in [0.3, 0.4) is 0 Å². The lowest BCUT2D eigenvalue weighted by Gasteiger charge is -2.18. The Morgan fingerprint density at radius 3 is 1.36 bits per heavy atom. The van der Waals surface area contributed by atoms with Crippen LogP contribution in [-0.2, 0) is 0 Å². The summed E-state index contributed by atoms with van der Waals surface area (Å²) in [5.41, 5.74) is 13.5. The molecule has 0 aliphatic heterocycles. The maximum atomic E-state index is 2.40. The van der Waals surface area contributed by atoms with E-state index in [1.165, 1.54) is 98.6 Å². The second-order valence-corrected chi connectivity index (χ2v) is 14.4. The maximum absolute atomic E-state index is 2.40. The van der Waals surface area contributed by atoms with E-state index in [-0.39, 0.29) is 0 Å². The van der Waals surface area contributed by atoms with Crippen molar-refractivity contribution in [3.8, 4) is 50.2 Å². The van der Waals surface area contributed by atoms with Gasteiger partial charge in [-0.15, -0.1) is 0 Å². The van der Waals surface area contributed by atoms with Gasteiger partial charge in [0.05, 0.1) is 11.0 Å². The van der Waals surface area contributed by atoms with Gasteiger partial charge >= 0.3 is 0 Å². The molecular weight excluding hydrogens is 663 g/mol. The first-order valence-electron chi connectivity index (χ1n) is 19.0. The summed E-state index contributed by atoms with van der Waals surface area (Å²) in [4.78, 5) is 0. The molecule has 10 aromatic carbocycles. The van der Waals surface area contributed by atoms with Crippen molar-refractivity contribution in [2.75, 3.05) is 0 Å². The van der Waals surface area contributed by atoms with E-state index in [9.17, 15) is 0 Å². The molecule has 0 radical (unpaired) electrons. The summed E-state index contributed by atoms with van der Waals surface area (Å²) in [7, 11) is 0. The predicted molar refractivity (Wildman–Crippen MR) is 235 cm³/mol. The molecule has 0 unspecified atom stereocenters. The zero-order valence-electron chi connectivity index (χ0n) is 30.2. The third-order valence-corrected chi connectivity index (χ3v) is 11.4. The minimum atomic E-state index is 1.15. The van der Waals surface area contributed by atoms with Gasteiger partial charge in [-0.2, -0.15) is 0 Å². The molecule has 0 spiro atoms. The van der Waals surface area contributed by atoms with Crippen molar-refractivity contribution in [2.24, 2.45) is 0 Å². The van der Waals surface area contributed by atoms with Gasteiger partial charge < -0.3 is 4.57 Å². The van der Waals surface area contributed by atoms with Crippen LogP contribution in [0.15, 0.2) is 212 Å². The van der Waals surface area contributed by atoms with Crippen LogP contribution in [0.2, 0.25) is 0 Å². The van der Waals surface area contributed by atoms with Crippen LogP contribution in [0.25, 0.3) is 104 Å². The average Bonchev–Trinajstić information content (AvgIpc) is 3.59. The predicted octanol–water partition coefficient (Wildman–Crippen LogP) is 14.9. The highest BCUT2D eigenvalue weighted by Crippen LogP contribution is 2.44. The Hall–Kier alpha value is -7.22. The number of benzene rings is 10. The molecule has 256 valence electrons. The molecule has 0 saturated carbocycles. The van der Waals surface area contributed by atoms with Crippen molar-refractivity contribution in [3.05, 3.63) is 212 Å². The number of nitrogens with zero attached hydrogens (tertiary/aromatic N) is 1. The summed E-state index contributed by atoms with van der Waals surface area (Å²) in [6, 6.07) is 77.6. The molecule has 0 fully saturated rings. The van der Waals surface area contributed by atoms with Gasteiger partial charge in [0.2, 0.25) is 0 Å². The highest BCUT2D eigenvalue weighted by atomic mass is 15.0. The van der Waals surface area contributed by atoms with Gasteiger partial charge in [0, 0.05) is 16.5 Å². The number of hydrogen-bond acceptors (Lipinski definition) is 0. The lowest BCUT2D eigenvalue weighted by atomic mass is 9.86. The molecule has 0 N–H and O–H groups in total. The molecule has 0 aliphatic rings. The lowest BCUT2D eigenvalue weighted by Crippen LogP contribution is -1.94. The fraction of sp³-hybridized carbons (Fsp3) is 0. The fourth-order valence-electron chi connectivity index (χ4n) is 8.88. The van der Waals surface area contributed by atoms with E-state index in [1.807, 2.05) is 0 Å². The molecule has 11 aromatic rings. The quantitative estimate of drug-likeness (QED) is 0.158. The summed E-state index contributed by atoms with van der Waals surface area (Å²) in [5.74, 6) is 0. The SMILES string of the molecule is c1ccc(-c2c3ccccc3c(-c3ccc(-c4ccc(-n5c6ccccc6c6cc(-c7cccc8ccccc78)ccc65)cc4)cc3)c3ccccc23)cc1.